The van der Waals surface area contributed by atoms with Crippen LogP contribution in [-0.4, -0.2) is 96.4 Å². The van der Waals surface area contributed by atoms with Gasteiger partial charge in [-0.1, -0.05) is 0 Å². The lowest BCUT2D eigenvalue weighted by atomic mass is 10.5. The largest absolute Gasteiger partial charge is 1.00 e. The molecule has 140 valence electrons. The van der Waals surface area contributed by atoms with Crippen LogP contribution in [0.3, 0.4) is 0 Å². The molecule has 2 N–H and O–H groups in total. The number of hydrogen-bond acceptors (Lipinski definition) is 4. The predicted octanol–water partition coefficient (Wildman–Crippen LogP) is -6.18. The van der Waals surface area contributed by atoms with Gasteiger partial charge in [-0.15, -0.1) is 0 Å². The third-order valence-corrected chi connectivity index (χ3v) is 2.46. The predicted molar refractivity (Wildman–Crippen MR) is 79.6 cm³/mol. The summed E-state index contributed by atoms with van der Waals surface area (Å²) in [5, 5.41) is 4.85. The number of halogens is 2. The zero-order valence-corrected chi connectivity index (χ0v) is 19.1. The number of nitrogens with one attached hydrogen (secondary N) is 2. The maximum atomic E-state index is 11.3. The number of alkyl carbamates (subject to hydrolysis) is 2. The first-order valence-electron chi connectivity index (χ1n) is 6.92. The second-order valence-electron chi connectivity index (χ2n) is 6.83. The van der Waals surface area contributed by atoms with Crippen LogP contribution in [-0.2, 0) is 9.47 Å². The Morgan fingerprint density at radius 2 is 1.04 bits per heavy atom. The summed E-state index contributed by atoms with van der Waals surface area (Å²) in [4.78, 5) is 22.6. The highest BCUT2D eigenvalue weighted by atomic mass is 127. The van der Waals surface area contributed by atoms with E-state index >= 15 is 0 Å². The number of nitrogens with zero attached hydrogens (tertiary/aromatic N) is 2. The number of amides is 2. The molecule has 0 unspecified atom stereocenters. The zero-order chi connectivity index (χ0) is 16.5. The van der Waals surface area contributed by atoms with Crippen molar-refractivity contribution in [2.75, 3.05) is 75.3 Å². The summed E-state index contributed by atoms with van der Waals surface area (Å²) in [6.07, 6.45) is -1.12. The molecular formula is C13H30I2N4O4. The van der Waals surface area contributed by atoms with Crippen LogP contribution >= 0.6 is 0 Å². The van der Waals surface area contributed by atoms with Crippen LogP contribution in [0.25, 0.3) is 0 Å². The lowest BCUT2D eigenvalue weighted by Gasteiger charge is -2.23. The quantitative estimate of drug-likeness (QED) is 0.176. The Morgan fingerprint density at radius 3 is 1.30 bits per heavy atom. The van der Waals surface area contributed by atoms with E-state index in [4.69, 9.17) is 9.47 Å². The van der Waals surface area contributed by atoms with Crippen molar-refractivity contribution in [2.24, 2.45) is 0 Å². The molecule has 0 heterocycles. The molecular weight excluding hydrogens is 530 g/mol. The first kappa shape index (κ1) is 27.8. The molecule has 23 heavy (non-hydrogen) atoms. The minimum absolute atomic E-state index is 0. The number of carbonyl (C=O) groups excluding carboxylic acids is 2. The normalized spacial score (nSPS) is 10.7. The Hall–Kier alpha value is -0.0800. The van der Waals surface area contributed by atoms with Gasteiger partial charge in [0.2, 0.25) is 0 Å². The topological polar surface area (TPSA) is 76.7 Å². The fourth-order valence-electron chi connectivity index (χ4n) is 1.11. The van der Waals surface area contributed by atoms with Gasteiger partial charge in [-0.2, -0.15) is 0 Å². The van der Waals surface area contributed by atoms with E-state index in [0.717, 1.165) is 0 Å². The summed E-state index contributed by atoms with van der Waals surface area (Å²) in [5.74, 6) is 0. The molecule has 0 rings (SSSR count). The third-order valence-electron chi connectivity index (χ3n) is 2.46. The van der Waals surface area contributed by atoms with Gasteiger partial charge in [-0.3, -0.25) is 0 Å². The minimum Gasteiger partial charge on any atom is -1.00 e. The van der Waals surface area contributed by atoms with Crippen LogP contribution in [0.15, 0.2) is 0 Å². The van der Waals surface area contributed by atoms with E-state index in [1.54, 1.807) is 0 Å². The van der Waals surface area contributed by atoms with E-state index in [2.05, 4.69) is 10.6 Å². The molecule has 10 heteroatoms. The fraction of sp³-hybridized carbons (Fsp3) is 0.846. The van der Waals surface area contributed by atoms with Crippen molar-refractivity contribution < 1.29 is 76.0 Å². The average Bonchev–Trinajstić information content (AvgIpc) is 2.25. The molecule has 0 saturated heterocycles. The summed E-state index contributed by atoms with van der Waals surface area (Å²) >= 11 is 0. The molecule has 0 aromatic rings. The van der Waals surface area contributed by atoms with Crippen molar-refractivity contribution in [1.82, 2.24) is 10.6 Å². The standard InChI is InChI=1S/C13H28N4O4.2HI/c1-16(2,3)7-9-20-12(18)14-11-15-13(19)21-10-8-17(4,5)6;;/h7-11H2,1-6H3;2*1H. The monoisotopic (exact) mass is 560 g/mol. The molecule has 0 spiro atoms. The lowest BCUT2D eigenvalue weighted by Crippen LogP contribution is -3.00. The molecule has 8 nitrogen and oxygen atoms in total. The number of rotatable bonds is 8. The molecule has 2 amide bonds. The van der Waals surface area contributed by atoms with Gasteiger partial charge in [0, 0.05) is 0 Å². The third kappa shape index (κ3) is 21.9. The van der Waals surface area contributed by atoms with Crippen molar-refractivity contribution in [1.29, 1.82) is 0 Å². The Kier molecular flexibility index (Phi) is 16.0. The van der Waals surface area contributed by atoms with Crippen LogP contribution in [0.1, 0.15) is 0 Å². The van der Waals surface area contributed by atoms with E-state index in [-0.39, 0.29) is 54.6 Å². The van der Waals surface area contributed by atoms with E-state index in [1.807, 2.05) is 42.3 Å². The van der Waals surface area contributed by atoms with E-state index < -0.39 is 12.2 Å². The molecule has 0 radical (unpaired) electrons. The second-order valence-corrected chi connectivity index (χ2v) is 6.83. The fourth-order valence-corrected chi connectivity index (χ4v) is 1.11. The molecule has 0 atom stereocenters. The number of ether oxygens (including phenoxy) is 2. The average molecular weight is 560 g/mol. The van der Waals surface area contributed by atoms with Gasteiger partial charge in [0.25, 0.3) is 0 Å². The molecule has 0 aromatic carbocycles. The number of quaternary nitrogens is 2. The minimum atomic E-state index is -0.560. The van der Waals surface area contributed by atoms with Gasteiger partial charge < -0.3 is 77.0 Å². The van der Waals surface area contributed by atoms with Crippen molar-refractivity contribution in [3.8, 4) is 0 Å². The molecule has 0 fully saturated rings. The van der Waals surface area contributed by atoms with Crippen LogP contribution in [0, 0.1) is 0 Å². The summed E-state index contributed by atoms with van der Waals surface area (Å²) in [6, 6.07) is 0. The van der Waals surface area contributed by atoms with Crippen LogP contribution in [0.4, 0.5) is 9.59 Å². The van der Waals surface area contributed by atoms with E-state index in [0.29, 0.717) is 35.3 Å². The number of hydrogen-bond donors (Lipinski definition) is 2. The van der Waals surface area contributed by atoms with Gasteiger partial charge in [0.1, 0.15) is 26.3 Å². The van der Waals surface area contributed by atoms with Crippen molar-refractivity contribution in [2.45, 2.75) is 0 Å². The Balaban J connectivity index is -0.00000200. The highest BCUT2D eigenvalue weighted by Gasteiger charge is 2.10. The van der Waals surface area contributed by atoms with E-state index in [1.165, 1.54) is 0 Å². The molecule has 0 saturated carbocycles. The number of carbonyl (C=O) groups is 2. The lowest BCUT2D eigenvalue weighted by molar-refractivity contribution is -0.870. The highest BCUT2D eigenvalue weighted by Crippen LogP contribution is 1.90. The van der Waals surface area contributed by atoms with E-state index in [9.17, 15) is 9.59 Å². The van der Waals surface area contributed by atoms with Crippen molar-refractivity contribution in [3.63, 3.8) is 0 Å². The van der Waals surface area contributed by atoms with Gasteiger partial charge in [0.05, 0.1) is 49.0 Å². The second kappa shape index (κ2) is 13.2. The number of likely N-dealkylation sites (N-methyl/N-ethyl adjacent to an activating group) is 2. The van der Waals surface area contributed by atoms with Gasteiger partial charge in [0.15, 0.2) is 0 Å². The molecule has 0 aliphatic carbocycles. The smallest absolute Gasteiger partial charge is 0.408 e. The summed E-state index contributed by atoms with van der Waals surface area (Å²) in [7, 11) is 12.1. The molecule has 0 bridgehead atoms. The van der Waals surface area contributed by atoms with Gasteiger partial charge >= 0.3 is 12.2 Å². The Morgan fingerprint density at radius 1 is 0.739 bits per heavy atom. The van der Waals surface area contributed by atoms with Crippen molar-refractivity contribution >= 4 is 12.2 Å². The summed E-state index contributed by atoms with van der Waals surface area (Å²) in [6.45, 7) is 2.06. The van der Waals surface area contributed by atoms with Gasteiger partial charge in [-0.25, -0.2) is 9.59 Å². The van der Waals surface area contributed by atoms with Crippen LogP contribution in [0.2, 0.25) is 0 Å². The molecule has 0 aromatic heterocycles. The van der Waals surface area contributed by atoms with Crippen LogP contribution < -0.4 is 58.6 Å². The van der Waals surface area contributed by atoms with Crippen LogP contribution in [0.5, 0.6) is 0 Å². The first-order valence-corrected chi connectivity index (χ1v) is 6.92. The first-order chi connectivity index (χ1) is 9.49. The highest BCUT2D eigenvalue weighted by molar-refractivity contribution is 5.69. The van der Waals surface area contributed by atoms with Crippen molar-refractivity contribution in [3.05, 3.63) is 0 Å². The molecule has 0 aliphatic heterocycles. The Bertz CT molecular complexity index is 312. The van der Waals surface area contributed by atoms with Gasteiger partial charge in [-0.05, 0) is 0 Å². The SMILES string of the molecule is C[N+](C)(C)CCOC(=O)NCNC(=O)OCC[N+](C)(C)C.[I-].[I-]. The maximum Gasteiger partial charge on any atom is 0.408 e. The summed E-state index contributed by atoms with van der Waals surface area (Å²) < 4.78 is 11.4. The molecule has 0 aliphatic rings. The zero-order valence-electron chi connectivity index (χ0n) is 14.8. The maximum absolute atomic E-state index is 11.3. The Labute approximate surface area is 173 Å². The summed E-state index contributed by atoms with van der Waals surface area (Å²) in [5.41, 5.74) is 0.